The molecular formula is C42H33Cl2N3O7. The van der Waals surface area contributed by atoms with E-state index in [2.05, 4.69) is 5.43 Å². The van der Waals surface area contributed by atoms with Gasteiger partial charge in [-0.15, -0.1) is 0 Å². The Hall–Kier alpha value is -5.58. The van der Waals surface area contributed by atoms with E-state index in [4.69, 9.17) is 32.7 Å². The summed E-state index contributed by atoms with van der Waals surface area (Å²) in [6.45, 7) is 0. The second-order valence-corrected chi connectivity index (χ2v) is 15.2. The molecule has 2 saturated heterocycles. The lowest BCUT2D eigenvalue weighted by Crippen LogP contribution is -2.55. The number of anilines is 2. The van der Waals surface area contributed by atoms with E-state index >= 15 is 4.79 Å². The lowest BCUT2D eigenvalue weighted by Gasteiger charge is -2.51. The highest BCUT2D eigenvalue weighted by molar-refractivity contribution is 6.36. The number of aromatic hydroxyl groups is 1. The second kappa shape index (κ2) is 12.8. The number of phenolic OH excluding ortho intramolecular Hbond substituents is 1. The minimum atomic E-state index is -1.53. The molecule has 272 valence electrons. The van der Waals surface area contributed by atoms with Crippen LogP contribution in [0, 0.1) is 29.6 Å². The van der Waals surface area contributed by atoms with E-state index in [9.17, 15) is 19.5 Å². The maximum Gasteiger partial charge on any atom is 0.260 e. The van der Waals surface area contributed by atoms with Gasteiger partial charge in [0.1, 0.15) is 17.2 Å². The summed E-state index contributed by atoms with van der Waals surface area (Å²) in [7, 11) is 1.55. The molecule has 9 rings (SSSR count). The van der Waals surface area contributed by atoms with Crippen LogP contribution in [0.3, 0.4) is 0 Å². The predicted octanol–water partition coefficient (Wildman–Crippen LogP) is 7.25. The van der Waals surface area contributed by atoms with E-state index in [1.807, 2.05) is 12.1 Å². The molecule has 5 aliphatic rings. The van der Waals surface area contributed by atoms with Crippen molar-refractivity contribution in [2.45, 2.75) is 24.7 Å². The van der Waals surface area contributed by atoms with Gasteiger partial charge in [-0.2, -0.15) is 5.01 Å². The number of hydrogen-bond donors (Lipinski definition) is 2. The monoisotopic (exact) mass is 761 g/mol. The summed E-state index contributed by atoms with van der Waals surface area (Å²) < 4.78 is 11.7. The van der Waals surface area contributed by atoms with Crippen molar-refractivity contribution in [3.8, 4) is 17.2 Å². The molecule has 3 aliphatic heterocycles. The molecule has 4 amide bonds. The molecule has 4 aromatic carbocycles. The smallest absolute Gasteiger partial charge is 0.260 e. The number of halogens is 2. The van der Waals surface area contributed by atoms with Gasteiger partial charge in [-0.25, -0.2) is 0 Å². The number of phenols is 1. The van der Waals surface area contributed by atoms with Gasteiger partial charge in [-0.3, -0.25) is 29.5 Å². The molecule has 12 heteroatoms. The van der Waals surface area contributed by atoms with Crippen molar-refractivity contribution in [3.05, 3.63) is 136 Å². The van der Waals surface area contributed by atoms with Gasteiger partial charge in [-0.1, -0.05) is 65.2 Å². The average Bonchev–Trinajstić information content (AvgIpc) is 3.56. The summed E-state index contributed by atoms with van der Waals surface area (Å²) in [5.41, 5.74) is 5.04. The predicted molar refractivity (Wildman–Crippen MR) is 201 cm³/mol. The Kier molecular flexibility index (Phi) is 8.09. The first kappa shape index (κ1) is 34.2. The highest BCUT2D eigenvalue weighted by Gasteiger charge is 2.71. The first-order chi connectivity index (χ1) is 26.1. The van der Waals surface area contributed by atoms with Crippen molar-refractivity contribution in [2.24, 2.45) is 29.6 Å². The van der Waals surface area contributed by atoms with Gasteiger partial charge in [0.15, 0.2) is 0 Å². The molecule has 0 bridgehead atoms. The van der Waals surface area contributed by atoms with Crippen LogP contribution in [0.4, 0.5) is 11.4 Å². The van der Waals surface area contributed by atoms with Gasteiger partial charge in [-0.05, 0) is 90.6 Å². The van der Waals surface area contributed by atoms with Gasteiger partial charge in [0.2, 0.25) is 11.8 Å². The maximum absolute atomic E-state index is 15.5. The molecule has 3 heterocycles. The van der Waals surface area contributed by atoms with Gasteiger partial charge in [0, 0.05) is 22.9 Å². The van der Waals surface area contributed by atoms with Crippen molar-refractivity contribution in [1.29, 1.82) is 0 Å². The third-order valence-corrected chi connectivity index (χ3v) is 12.3. The zero-order valence-electron chi connectivity index (χ0n) is 28.9. The van der Waals surface area contributed by atoms with E-state index in [-0.39, 0.29) is 41.8 Å². The summed E-state index contributed by atoms with van der Waals surface area (Å²) >= 11 is 12.8. The summed E-state index contributed by atoms with van der Waals surface area (Å²) in [6.07, 6.45) is 4.32. The number of amides is 4. The fourth-order valence-electron chi connectivity index (χ4n) is 9.49. The molecule has 54 heavy (non-hydrogen) atoms. The van der Waals surface area contributed by atoms with Gasteiger partial charge in [0.05, 0.1) is 52.9 Å². The van der Waals surface area contributed by atoms with Crippen LogP contribution in [0.25, 0.3) is 0 Å². The van der Waals surface area contributed by atoms with Crippen LogP contribution in [0.1, 0.15) is 24.0 Å². The van der Waals surface area contributed by atoms with Crippen LogP contribution < -0.4 is 19.8 Å². The molecule has 0 spiro atoms. The lowest BCUT2D eigenvalue weighted by molar-refractivity contribution is -0.139. The highest BCUT2D eigenvalue weighted by atomic mass is 35.5. The van der Waals surface area contributed by atoms with Crippen LogP contribution in [0.5, 0.6) is 17.2 Å². The number of carbonyl (C=O) groups excluding carboxylic acids is 4. The first-order valence-electron chi connectivity index (χ1n) is 17.7. The number of rotatable bonds is 6. The molecule has 2 N–H and O–H groups in total. The molecule has 0 radical (unpaired) electrons. The molecule has 10 nitrogen and oxygen atoms in total. The number of hydrazine groups is 1. The molecule has 0 unspecified atom stereocenters. The Labute approximate surface area is 320 Å². The van der Waals surface area contributed by atoms with Crippen LogP contribution in [0.15, 0.2) is 114 Å². The molecule has 0 aromatic heterocycles. The topological polar surface area (TPSA) is 125 Å². The van der Waals surface area contributed by atoms with Crippen molar-refractivity contribution < 1.29 is 33.8 Å². The highest BCUT2D eigenvalue weighted by Crippen LogP contribution is 2.63. The van der Waals surface area contributed by atoms with E-state index in [1.165, 1.54) is 11.0 Å². The molecule has 2 aliphatic carbocycles. The van der Waals surface area contributed by atoms with Crippen LogP contribution >= 0.6 is 23.2 Å². The van der Waals surface area contributed by atoms with Crippen molar-refractivity contribution in [2.75, 3.05) is 17.4 Å². The fraction of sp³-hybridized carbons (Fsp3) is 0.238. The Morgan fingerprint density at radius 3 is 2.41 bits per heavy atom. The van der Waals surface area contributed by atoms with Crippen molar-refractivity contribution in [3.63, 3.8) is 0 Å². The Bertz CT molecular complexity index is 2330. The standard InChI is InChI=1S/C42H33Cl2N3O7/c1-53-28-11-7-24(8-12-28)42-32(39(50)47(41(42)52)45-34-15-9-25(43)19-33(34)44)20-31-29(37(42)23-17-22-18-27(48)10-16-35(22)54-21-23)13-14-30-36(31)40(51)46(38(30)49)26-5-3-2-4-6-26/h2-13,15-16,18-19,21,30-32,36-37,45,48H,14,17,20H2,1H3/t30-,31+,32-,36-,37-,42+/m0/s1. The minimum absolute atomic E-state index is 0.0565. The van der Waals surface area contributed by atoms with Crippen molar-refractivity contribution in [1.82, 2.24) is 5.01 Å². The SMILES string of the molecule is COc1ccc([C@@]23C(=O)N(Nc4ccc(Cl)cc4Cl)C(=O)[C@@H]2C[C@@H]2C(=CC[C@@H]4C(=O)N(c5ccccc5)C(=O)[C@@H]42)[C@@H]3C2=COc3ccc(O)cc3C2)cc1. The Morgan fingerprint density at radius 2 is 1.67 bits per heavy atom. The van der Waals surface area contributed by atoms with Crippen LogP contribution in [-0.2, 0) is 31.0 Å². The summed E-state index contributed by atoms with van der Waals surface area (Å²) in [4.78, 5) is 60.3. The number of nitrogens with zero attached hydrogens (tertiary/aromatic N) is 2. The molecule has 4 aromatic rings. The van der Waals surface area contributed by atoms with Crippen LogP contribution in [-0.4, -0.2) is 40.9 Å². The third-order valence-electron chi connectivity index (χ3n) is 11.7. The summed E-state index contributed by atoms with van der Waals surface area (Å²) in [6, 6.07) is 25.6. The van der Waals surface area contributed by atoms with E-state index in [1.54, 1.807) is 92.2 Å². The van der Waals surface area contributed by atoms with Gasteiger partial charge in [0.25, 0.3) is 11.8 Å². The number of ether oxygens (including phenoxy) is 2. The lowest BCUT2D eigenvalue weighted by atomic mass is 9.48. The van der Waals surface area contributed by atoms with E-state index in [0.717, 1.165) is 10.6 Å². The Morgan fingerprint density at radius 1 is 0.889 bits per heavy atom. The number of nitrogens with one attached hydrogen (secondary N) is 1. The summed E-state index contributed by atoms with van der Waals surface area (Å²) in [5, 5.41) is 12.1. The maximum atomic E-state index is 15.5. The van der Waals surface area contributed by atoms with E-state index in [0.29, 0.717) is 44.6 Å². The van der Waals surface area contributed by atoms with Gasteiger partial charge < -0.3 is 14.6 Å². The number of fused-ring (bicyclic) bond motifs is 5. The molecule has 1 saturated carbocycles. The zero-order valence-corrected chi connectivity index (χ0v) is 30.4. The molecule has 6 atom stereocenters. The number of para-hydroxylation sites is 1. The van der Waals surface area contributed by atoms with Crippen molar-refractivity contribution >= 4 is 58.2 Å². The zero-order chi connectivity index (χ0) is 37.5. The number of hydrogen-bond acceptors (Lipinski definition) is 8. The second-order valence-electron chi connectivity index (χ2n) is 14.3. The number of allylic oxidation sites excluding steroid dienone is 3. The normalized spacial score (nSPS) is 27.0. The summed E-state index contributed by atoms with van der Waals surface area (Å²) in [5.74, 6) is -4.16. The minimum Gasteiger partial charge on any atom is -0.508 e. The van der Waals surface area contributed by atoms with Gasteiger partial charge >= 0.3 is 0 Å². The molecular weight excluding hydrogens is 729 g/mol. The first-order valence-corrected chi connectivity index (χ1v) is 18.4. The average molecular weight is 763 g/mol. The largest absolute Gasteiger partial charge is 0.508 e. The number of methoxy groups -OCH3 is 1. The van der Waals surface area contributed by atoms with Crippen LogP contribution in [0.2, 0.25) is 10.0 Å². The number of benzene rings is 4. The third kappa shape index (κ3) is 5.00. The fourth-order valence-corrected chi connectivity index (χ4v) is 9.94. The number of imide groups is 2. The quantitative estimate of drug-likeness (QED) is 0.156. The Balaban J connectivity index is 1.24. The molecule has 3 fully saturated rings. The number of carbonyl (C=O) groups is 4. The van der Waals surface area contributed by atoms with E-state index < -0.39 is 46.8 Å².